The first-order valence-electron chi connectivity index (χ1n) is 5.21. The van der Waals surface area contributed by atoms with Gasteiger partial charge in [0, 0.05) is 13.2 Å². The zero-order valence-corrected chi connectivity index (χ0v) is 8.57. The lowest BCUT2D eigenvalue weighted by Gasteiger charge is -2.10. The van der Waals surface area contributed by atoms with Crippen LogP contribution in [0.25, 0.3) is 0 Å². The zero-order valence-electron chi connectivity index (χ0n) is 8.57. The van der Waals surface area contributed by atoms with E-state index in [1.54, 1.807) is 4.68 Å². The molecule has 1 aliphatic carbocycles. The van der Waals surface area contributed by atoms with Crippen LogP contribution in [0.5, 0.6) is 0 Å². The zero-order chi connectivity index (χ0) is 9.80. The first-order chi connectivity index (χ1) is 6.84. The van der Waals surface area contributed by atoms with Gasteiger partial charge in [0.15, 0.2) is 0 Å². The summed E-state index contributed by atoms with van der Waals surface area (Å²) in [6.07, 6.45) is 7.34. The predicted molar refractivity (Wildman–Crippen MR) is 53.4 cm³/mol. The molecule has 14 heavy (non-hydrogen) atoms. The Bertz CT molecular complexity index is 279. The third-order valence-corrected chi connectivity index (χ3v) is 2.57. The van der Waals surface area contributed by atoms with E-state index in [0.717, 1.165) is 5.69 Å². The molecule has 0 aromatic carbocycles. The summed E-state index contributed by atoms with van der Waals surface area (Å²) in [5.74, 6) is 0. The molecular formula is C10H17N3O. The Morgan fingerprint density at radius 3 is 3.00 bits per heavy atom. The van der Waals surface area contributed by atoms with Crippen LogP contribution < -0.4 is 5.48 Å². The second-order valence-electron chi connectivity index (χ2n) is 3.83. The highest BCUT2D eigenvalue weighted by Crippen LogP contribution is 2.19. The molecule has 0 bridgehead atoms. The van der Waals surface area contributed by atoms with Gasteiger partial charge in [-0.05, 0) is 18.9 Å². The first-order valence-corrected chi connectivity index (χ1v) is 5.21. The quantitative estimate of drug-likeness (QED) is 0.738. The van der Waals surface area contributed by atoms with Crippen molar-refractivity contribution in [3.63, 3.8) is 0 Å². The van der Waals surface area contributed by atoms with Crippen LogP contribution >= 0.6 is 0 Å². The van der Waals surface area contributed by atoms with Gasteiger partial charge in [-0.15, -0.1) is 0 Å². The van der Waals surface area contributed by atoms with Crippen LogP contribution in [0.15, 0.2) is 12.3 Å². The lowest BCUT2D eigenvalue weighted by Crippen LogP contribution is -2.21. The number of nitrogens with one attached hydrogen (secondary N) is 1. The SMILES string of the molecule is Cn1ccc(CNOC2CCCC2)n1. The van der Waals surface area contributed by atoms with Crippen LogP contribution in [-0.2, 0) is 18.4 Å². The monoisotopic (exact) mass is 195 g/mol. The average molecular weight is 195 g/mol. The fraction of sp³-hybridized carbons (Fsp3) is 0.700. The molecule has 1 fully saturated rings. The molecule has 1 aromatic heterocycles. The smallest absolute Gasteiger partial charge is 0.0790 e. The van der Waals surface area contributed by atoms with Gasteiger partial charge in [-0.2, -0.15) is 10.6 Å². The second kappa shape index (κ2) is 4.57. The molecule has 0 unspecified atom stereocenters. The maximum Gasteiger partial charge on any atom is 0.0790 e. The molecule has 0 atom stereocenters. The van der Waals surface area contributed by atoms with E-state index in [2.05, 4.69) is 10.6 Å². The van der Waals surface area contributed by atoms with Crippen molar-refractivity contribution in [1.29, 1.82) is 0 Å². The summed E-state index contributed by atoms with van der Waals surface area (Å²) in [4.78, 5) is 5.52. The van der Waals surface area contributed by atoms with Gasteiger partial charge in [-0.3, -0.25) is 9.52 Å². The van der Waals surface area contributed by atoms with E-state index in [0.29, 0.717) is 12.6 Å². The minimum absolute atomic E-state index is 0.415. The van der Waals surface area contributed by atoms with E-state index >= 15 is 0 Å². The van der Waals surface area contributed by atoms with Gasteiger partial charge >= 0.3 is 0 Å². The van der Waals surface area contributed by atoms with E-state index in [1.165, 1.54) is 25.7 Å². The molecule has 4 nitrogen and oxygen atoms in total. The standard InChI is InChI=1S/C10H17N3O/c1-13-7-6-9(12-13)8-11-14-10-4-2-3-5-10/h6-7,10-11H,2-5,8H2,1H3. The molecular weight excluding hydrogens is 178 g/mol. The Kier molecular flexibility index (Phi) is 3.16. The topological polar surface area (TPSA) is 39.1 Å². The van der Waals surface area contributed by atoms with Crippen LogP contribution in [0.4, 0.5) is 0 Å². The third kappa shape index (κ3) is 2.56. The summed E-state index contributed by atoms with van der Waals surface area (Å²) >= 11 is 0. The minimum atomic E-state index is 0.415. The number of aromatic nitrogens is 2. The number of hydrogen-bond acceptors (Lipinski definition) is 3. The molecule has 0 radical (unpaired) electrons. The van der Waals surface area contributed by atoms with Gasteiger partial charge in [-0.25, -0.2) is 0 Å². The Balaban J connectivity index is 1.67. The number of nitrogens with zero attached hydrogens (tertiary/aromatic N) is 2. The Morgan fingerprint density at radius 2 is 2.36 bits per heavy atom. The highest BCUT2D eigenvalue weighted by Gasteiger charge is 2.15. The van der Waals surface area contributed by atoms with Crippen molar-refractivity contribution in [3.05, 3.63) is 18.0 Å². The summed E-state index contributed by atoms with van der Waals surface area (Å²) in [5, 5.41) is 4.25. The van der Waals surface area contributed by atoms with Gasteiger partial charge in [0.1, 0.15) is 0 Å². The minimum Gasteiger partial charge on any atom is -0.298 e. The molecule has 0 saturated heterocycles. The fourth-order valence-corrected chi connectivity index (χ4v) is 1.80. The van der Waals surface area contributed by atoms with E-state index in [-0.39, 0.29) is 0 Å². The second-order valence-corrected chi connectivity index (χ2v) is 3.83. The fourth-order valence-electron chi connectivity index (χ4n) is 1.80. The largest absolute Gasteiger partial charge is 0.298 e. The molecule has 1 N–H and O–H groups in total. The lowest BCUT2D eigenvalue weighted by molar-refractivity contribution is -0.0249. The average Bonchev–Trinajstić information content (AvgIpc) is 2.77. The Morgan fingerprint density at radius 1 is 1.57 bits per heavy atom. The van der Waals surface area contributed by atoms with Gasteiger partial charge in [0.2, 0.25) is 0 Å². The van der Waals surface area contributed by atoms with Crippen molar-refractivity contribution in [2.45, 2.75) is 38.3 Å². The Hall–Kier alpha value is -0.870. The van der Waals surface area contributed by atoms with E-state index in [4.69, 9.17) is 4.84 Å². The summed E-state index contributed by atoms with van der Waals surface area (Å²) in [6.45, 7) is 0.692. The van der Waals surface area contributed by atoms with Crippen LogP contribution in [0.1, 0.15) is 31.4 Å². The maximum atomic E-state index is 5.52. The third-order valence-electron chi connectivity index (χ3n) is 2.57. The molecule has 78 valence electrons. The molecule has 4 heteroatoms. The summed E-state index contributed by atoms with van der Waals surface area (Å²) in [6, 6.07) is 1.99. The number of hydroxylamine groups is 1. The van der Waals surface area contributed by atoms with Crippen molar-refractivity contribution in [1.82, 2.24) is 15.3 Å². The summed E-state index contributed by atoms with van der Waals surface area (Å²) in [7, 11) is 1.92. The highest BCUT2D eigenvalue weighted by atomic mass is 16.7. The van der Waals surface area contributed by atoms with Crippen LogP contribution in [0.3, 0.4) is 0 Å². The molecule has 0 spiro atoms. The number of rotatable bonds is 4. The van der Waals surface area contributed by atoms with E-state index in [1.807, 2.05) is 19.3 Å². The van der Waals surface area contributed by atoms with Crippen LogP contribution in [0, 0.1) is 0 Å². The van der Waals surface area contributed by atoms with Crippen molar-refractivity contribution in [3.8, 4) is 0 Å². The molecule has 2 rings (SSSR count). The number of hydrogen-bond donors (Lipinski definition) is 1. The normalized spacial score (nSPS) is 17.8. The molecule has 0 aliphatic heterocycles. The van der Waals surface area contributed by atoms with Crippen molar-refractivity contribution >= 4 is 0 Å². The molecule has 1 saturated carbocycles. The van der Waals surface area contributed by atoms with Crippen molar-refractivity contribution in [2.75, 3.05) is 0 Å². The van der Waals surface area contributed by atoms with Crippen LogP contribution in [0.2, 0.25) is 0 Å². The number of aryl methyl sites for hydroxylation is 1. The van der Waals surface area contributed by atoms with E-state index in [9.17, 15) is 0 Å². The van der Waals surface area contributed by atoms with Gasteiger partial charge in [0.05, 0.1) is 18.3 Å². The van der Waals surface area contributed by atoms with Crippen molar-refractivity contribution in [2.24, 2.45) is 7.05 Å². The lowest BCUT2D eigenvalue weighted by atomic mass is 10.3. The van der Waals surface area contributed by atoms with Gasteiger partial charge in [0.25, 0.3) is 0 Å². The van der Waals surface area contributed by atoms with Gasteiger partial charge in [-0.1, -0.05) is 12.8 Å². The molecule has 1 heterocycles. The van der Waals surface area contributed by atoms with Crippen molar-refractivity contribution < 1.29 is 4.84 Å². The molecule has 1 aromatic rings. The molecule has 1 aliphatic rings. The highest BCUT2D eigenvalue weighted by molar-refractivity contribution is 4.97. The molecule has 0 amide bonds. The first kappa shape index (κ1) is 9.68. The van der Waals surface area contributed by atoms with E-state index < -0.39 is 0 Å². The van der Waals surface area contributed by atoms with Gasteiger partial charge < -0.3 is 0 Å². The summed E-state index contributed by atoms with van der Waals surface area (Å²) in [5.41, 5.74) is 4.00. The van der Waals surface area contributed by atoms with Crippen LogP contribution in [-0.4, -0.2) is 15.9 Å². The Labute approximate surface area is 84.2 Å². The maximum absolute atomic E-state index is 5.52. The predicted octanol–water partition coefficient (Wildman–Crippen LogP) is 1.38. The summed E-state index contributed by atoms with van der Waals surface area (Å²) < 4.78 is 1.80.